The first kappa shape index (κ1) is 14.3. The van der Waals surface area contributed by atoms with Crippen LogP contribution in [0.1, 0.15) is 17.2 Å². The van der Waals surface area contributed by atoms with Crippen molar-refractivity contribution in [1.82, 2.24) is 10.4 Å². The molecular weight excluding hydrogens is 305 g/mol. The quantitative estimate of drug-likeness (QED) is 0.565. The molecule has 1 atom stereocenters. The van der Waals surface area contributed by atoms with E-state index in [4.69, 9.17) is 29.0 Å². The highest BCUT2D eigenvalue weighted by Gasteiger charge is 2.19. The molecule has 0 bridgehead atoms. The van der Waals surface area contributed by atoms with E-state index in [1.807, 2.05) is 42.5 Å². The second kappa shape index (κ2) is 6.00. The van der Waals surface area contributed by atoms with Crippen LogP contribution in [0, 0.1) is 0 Å². The molecule has 1 heterocycles. The Labute approximate surface area is 132 Å². The smallest absolute Gasteiger partial charge is 0.0732 e. The van der Waals surface area contributed by atoms with E-state index < -0.39 is 0 Å². The van der Waals surface area contributed by atoms with E-state index >= 15 is 0 Å². The van der Waals surface area contributed by atoms with Crippen molar-refractivity contribution in [2.45, 2.75) is 6.04 Å². The minimum atomic E-state index is -0.260. The van der Waals surface area contributed by atoms with E-state index in [0.717, 1.165) is 22.0 Å². The molecule has 106 valence electrons. The second-order valence-corrected chi connectivity index (χ2v) is 5.45. The molecule has 3 aromatic rings. The molecule has 0 saturated heterocycles. The number of nitrogens with one attached hydrogen (secondary N) is 1. The van der Waals surface area contributed by atoms with Gasteiger partial charge >= 0.3 is 0 Å². The van der Waals surface area contributed by atoms with Gasteiger partial charge in [-0.1, -0.05) is 53.5 Å². The largest absolute Gasteiger partial charge is 0.271 e. The molecule has 0 spiro atoms. The molecule has 0 fully saturated rings. The SMILES string of the molecule is NNC(c1cccc(Cl)c1Cl)c1ccnc2ccccc12. The van der Waals surface area contributed by atoms with Gasteiger partial charge in [0.2, 0.25) is 0 Å². The van der Waals surface area contributed by atoms with E-state index in [0.29, 0.717) is 10.0 Å². The van der Waals surface area contributed by atoms with Gasteiger partial charge in [0.25, 0.3) is 0 Å². The highest BCUT2D eigenvalue weighted by atomic mass is 35.5. The summed E-state index contributed by atoms with van der Waals surface area (Å²) in [6, 6.07) is 15.1. The van der Waals surface area contributed by atoms with Crippen LogP contribution in [0.5, 0.6) is 0 Å². The van der Waals surface area contributed by atoms with Gasteiger partial charge in [0.15, 0.2) is 0 Å². The lowest BCUT2D eigenvalue weighted by molar-refractivity contribution is 0.641. The first-order chi connectivity index (χ1) is 10.2. The summed E-state index contributed by atoms with van der Waals surface area (Å²) in [4.78, 5) is 4.36. The van der Waals surface area contributed by atoms with Gasteiger partial charge in [-0.15, -0.1) is 0 Å². The van der Waals surface area contributed by atoms with E-state index in [-0.39, 0.29) is 6.04 Å². The molecular formula is C16H13Cl2N3. The highest BCUT2D eigenvalue weighted by Crippen LogP contribution is 2.34. The summed E-state index contributed by atoms with van der Waals surface area (Å²) in [5.41, 5.74) is 5.58. The highest BCUT2D eigenvalue weighted by molar-refractivity contribution is 6.42. The molecule has 0 aliphatic heterocycles. The van der Waals surface area contributed by atoms with Crippen LogP contribution in [0.2, 0.25) is 10.0 Å². The number of aromatic nitrogens is 1. The summed E-state index contributed by atoms with van der Waals surface area (Å²) < 4.78 is 0. The topological polar surface area (TPSA) is 50.9 Å². The molecule has 5 heteroatoms. The number of nitrogens with two attached hydrogens (primary N) is 1. The first-order valence-electron chi connectivity index (χ1n) is 6.46. The Morgan fingerprint density at radius 2 is 1.76 bits per heavy atom. The van der Waals surface area contributed by atoms with Crippen molar-refractivity contribution in [3.63, 3.8) is 0 Å². The van der Waals surface area contributed by atoms with Gasteiger partial charge in [0.05, 0.1) is 21.6 Å². The third kappa shape index (κ3) is 2.61. The fourth-order valence-electron chi connectivity index (χ4n) is 2.46. The van der Waals surface area contributed by atoms with Crippen molar-refractivity contribution in [1.29, 1.82) is 0 Å². The number of fused-ring (bicyclic) bond motifs is 1. The Morgan fingerprint density at radius 1 is 0.952 bits per heavy atom. The lowest BCUT2D eigenvalue weighted by atomic mass is 9.96. The zero-order valence-electron chi connectivity index (χ0n) is 11.1. The van der Waals surface area contributed by atoms with Gasteiger partial charge in [-0.3, -0.25) is 10.8 Å². The normalized spacial score (nSPS) is 12.5. The van der Waals surface area contributed by atoms with E-state index in [1.54, 1.807) is 12.3 Å². The summed E-state index contributed by atoms with van der Waals surface area (Å²) in [5, 5.41) is 2.04. The number of pyridine rings is 1. The lowest BCUT2D eigenvalue weighted by Gasteiger charge is -2.20. The first-order valence-corrected chi connectivity index (χ1v) is 7.21. The number of halogens is 2. The zero-order chi connectivity index (χ0) is 14.8. The van der Waals surface area contributed by atoms with Gasteiger partial charge in [0.1, 0.15) is 0 Å². The molecule has 1 aromatic heterocycles. The number of hydrogen-bond acceptors (Lipinski definition) is 3. The Kier molecular flexibility index (Phi) is 4.08. The summed E-state index contributed by atoms with van der Waals surface area (Å²) in [7, 11) is 0. The van der Waals surface area contributed by atoms with E-state index in [2.05, 4.69) is 10.4 Å². The zero-order valence-corrected chi connectivity index (χ0v) is 12.6. The van der Waals surface area contributed by atoms with Crippen molar-refractivity contribution >= 4 is 34.1 Å². The van der Waals surface area contributed by atoms with Crippen LogP contribution in [-0.4, -0.2) is 4.98 Å². The second-order valence-electron chi connectivity index (χ2n) is 4.66. The molecule has 3 N–H and O–H groups in total. The fourth-order valence-corrected chi connectivity index (χ4v) is 2.88. The number of rotatable bonds is 3. The molecule has 0 amide bonds. The van der Waals surface area contributed by atoms with Crippen LogP contribution in [-0.2, 0) is 0 Å². The number of para-hydroxylation sites is 1. The molecule has 0 radical (unpaired) electrons. The number of benzene rings is 2. The summed E-state index contributed by atoms with van der Waals surface area (Å²) >= 11 is 12.4. The maximum atomic E-state index is 6.32. The van der Waals surface area contributed by atoms with Crippen molar-refractivity contribution in [3.05, 3.63) is 75.9 Å². The van der Waals surface area contributed by atoms with E-state index in [9.17, 15) is 0 Å². The van der Waals surface area contributed by atoms with Crippen molar-refractivity contribution in [3.8, 4) is 0 Å². The predicted molar refractivity (Wildman–Crippen MR) is 87.4 cm³/mol. The van der Waals surface area contributed by atoms with Crippen molar-refractivity contribution < 1.29 is 0 Å². The van der Waals surface area contributed by atoms with Crippen LogP contribution in [0.3, 0.4) is 0 Å². The molecule has 21 heavy (non-hydrogen) atoms. The Morgan fingerprint density at radius 3 is 2.57 bits per heavy atom. The molecule has 1 unspecified atom stereocenters. The maximum absolute atomic E-state index is 6.32. The Balaban J connectivity index is 2.21. The Hall–Kier alpha value is -1.65. The summed E-state index contributed by atoms with van der Waals surface area (Å²) in [6.07, 6.45) is 1.76. The average Bonchev–Trinajstić information content (AvgIpc) is 2.52. The number of nitrogens with zero attached hydrogens (tertiary/aromatic N) is 1. The van der Waals surface area contributed by atoms with Crippen molar-refractivity contribution in [2.24, 2.45) is 5.84 Å². The third-order valence-electron chi connectivity index (χ3n) is 3.45. The van der Waals surface area contributed by atoms with Gasteiger partial charge < -0.3 is 0 Å². The molecule has 0 aliphatic rings. The van der Waals surface area contributed by atoms with Crippen LogP contribution in [0.4, 0.5) is 0 Å². The minimum absolute atomic E-state index is 0.260. The third-order valence-corrected chi connectivity index (χ3v) is 4.29. The standard InChI is InChI=1S/C16H13Cl2N3/c17-13-6-3-5-12(15(13)18)16(21-19)11-8-9-20-14-7-2-1-4-10(11)14/h1-9,16,21H,19H2. The van der Waals surface area contributed by atoms with Gasteiger partial charge in [0, 0.05) is 11.6 Å². The van der Waals surface area contributed by atoms with Gasteiger partial charge in [-0.05, 0) is 29.3 Å². The molecule has 0 saturated carbocycles. The molecule has 0 aliphatic carbocycles. The monoisotopic (exact) mass is 317 g/mol. The minimum Gasteiger partial charge on any atom is -0.271 e. The molecule has 3 nitrogen and oxygen atoms in total. The average molecular weight is 318 g/mol. The van der Waals surface area contributed by atoms with Gasteiger partial charge in [-0.2, -0.15) is 0 Å². The van der Waals surface area contributed by atoms with Crippen LogP contribution in [0.15, 0.2) is 54.7 Å². The Bertz CT molecular complexity index is 784. The van der Waals surface area contributed by atoms with Crippen LogP contribution < -0.4 is 11.3 Å². The van der Waals surface area contributed by atoms with E-state index in [1.165, 1.54) is 0 Å². The predicted octanol–water partition coefficient (Wildman–Crippen LogP) is 4.09. The van der Waals surface area contributed by atoms with Crippen molar-refractivity contribution in [2.75, 3.05) is 0 Å². The summed E-state index contributed by atoms with van der Waals surface area (Å²) in [5.74, 6) is 5.77. The molecule has 2 aromatic carbocycles. The van der Waals surface area contributed by atoms with Gasteiger partial charge in [-0.25, -0.2) is 5.43 Å². The lowest BCUT2D eigenvalue weighted by Crippen LogP contribution is -2.29. The number of hydrogen-bond donors (Lipinski definition) is 2. The maximum Gasteiger partial charge on any atom is 0.0732 e. The fraction of sp³-hybridized carbons (Fsp3) is 0.0625. The molecule has 3 rings (SSSR count). The summed E-state index contributed by atoms with van der Waals surface area (Å²) in [6.45, 7) is 0. The van der Waals surface area contributed by atoms with Crippen LogP contribution in [0.25, 0.3) is 10.9 Å². The number of hydrazine groups is 1. The van der Waals surface area contributed by atoms with Crippen LogP contribution >= 0.6 is 23.2 Å².